The van der Waals surface area contributed by atoms with Crippen LogP contribution in [0.2, 0.25) is 0 Å². The smallest absolute Gasteiger partial charge is 0.115 e. The molecule has 0 bridgehead atoms. The largest absolute Gasteiger partial charge is 0.508 e. The summed E-state index contributed by atoms with van der Waals surface area (Å²) >= 11 is 0. The number of nitrogens with zero attached hydrogens (tertiary/aromatic N) is 1. The fraction of sp³-hybridized carbons (Fsp3) is 0.625. The molecule has 1 fully saturated rings. The molecule has 2 unspecified atom stereocenters. The van der Waals surface area contributed by atoms with Gasteiger partial charge in [0.15, 0.2) is 0 Å². The highest BCUT2D eigenvalue weighted by Gasteiger charge is 2.26. The summed E-state index contributed by atoms with van der Waals surface area (Å²) in [5.41, 5.74) is 2.77. The fourth-order valence-corrected chi connectivity index (χ4v) is 3.26. The average Bonchev–Trinajstić information content (AvgIpc) is 2.38. The number of phenols is 1. The molecular formula is C16H25NO. The predicted molar refractivity (Wildman–Crippen MR) is 76.2 cm³/mol. The van der Waals surface area contributed by atoms with E-state index in [2.05, 4.69) is 31.7 Å². The Morgan fingerprint density at radius 3 is 2.72 bits per heavy atom. The number of aromatic hydroxyl groups is 1. The lowest BCUT2D eigenvalue weighted by atomic mass is 9.83. The van der Waals surface area contributed by atoms with E-state index < -0.39 is 0 Å². The van der Waals surface area contributed by atoms with E-state index in [-0.39, 0.29) is 0 Å². The standard InChI is InChI=1S/C16H25NO/c1-4-13-6-7-15(18)11-16(13)14-8-9-17(5-2)12(3)10-14/h6-7,11-12,14,18H,4-5,8-10H2,1-3H3. The molecule has 0 aromatic heterocycles. The van der Waals surface area contributed by atoms with Crippen molar-refractivity contribution in [1.82, 2.24) is 4.90 Å². The Hall–Kier alpha value is -1.02. The van der Waals surface area contributed by atoms with E-state index in [4.69, 9.17) is 0 Å². The van der Waals surface area contributed by atoms with E-state index in [1.165, 1.54) is 30.5 Å². The monoisotopic (exact) mass is 247 g/mol. The number of hydrogen-bond acceptors (Lipinski definition) is 2. The van der Waals surface area contributed by atoms with Gasteiger partial charge in [0, 0.05) is 6.04 Å². The fourth-order valence-electron chi connectivity index (χ4n) is 3.26. The Bertz CT molecular complexity index is 402. The summed E-state index contributed by atoms with van der Waals surface area (Å²) in [5.74, 6) is 1.03. The molecule has 18 heavy (non-hydrogen) atoms. The Labute approximate surface area is 111 Å². The van der Waals surface area contributed by atoms with Gasteiger partial charge in [0.2, 0.25) is 0 Å². The van der Waals surface area contributed by atoms with Crippen molar-refractivity contribution in [2.24, 2.45) is 0 Å². The van der Waals surface area contributed by atoms with E-state index in [9.17, 15) is 5.11 Å². The van der Waals surface area contributed by atoms with Crippen LogP contribution in [0.3, 0.4) is 0 Å². The second kappa shape index (κ2) is 5.75. The van der Waals surface area contributed by atoms with Crippen LogP contribution in [-0.2, 0) is 6.42 Å². The van der Waals surface area contributed by atoms with Crippen LogP contribution in [0, 0.1) is 0 Å². The maximum absolute atomic E-state index is 9.72. The molecular weight excluding hydrogens is 222 g/mol. The minimum absolute atomic E-state index is 0.410. The average molecular weight is 247 g/mol. The molecule has 1 heterocycles. The lowest BCUT2D eigenvalue weighted by Gasteiger charge is -2.37. The summed E-state index contributed by atoms with van der Waals surface area (Å²) < 4.78 is 0. The lowest BCUT2D eigenvalue weighted by Crippen LogP contribution is -2.39. The number of likely N-dealkylation sites (tertiary alicyclic amines) is 1. The van der Waals surface area contributed by atoms with Crippen molar-refractivity contribution in [3.05, 3.63) is 29.3 Å². The zero-order valence-electron chi connectivity index (χ0n) is 11.8. The Kier molecular flexibility index (Phi) is 4.28. The molecule has 1 aromatic rings. The highest BCUT2D eigenvalue weighted by molar-refractivity contribution is 5.37. The molecule has 0 saturated carbocycles. The molecule has 0 spiro atoms. The summed E-state index contributed by atoms with van der Waals surface area (Å²) in [6, 6.07) is 6.53. The van der Waals surface area contributed by atoms with Crippen molar-refractivity contribution < 1.29 is 5.11 Å². The quantitative estimate of drug-likeness (QED) is 0.883. The topological polar surface area (TPSA) is 23.5 Å². The Morgan fingerprint density at radius 1 is 1.33 bits per heavy atom. The van der Waals surface area contributed by atoms with Gasteiger partial charge in [0.25, 0.3) is 0 Å². The summed E-state index contributed by atoms with van der Waals surface area (Å²) in [6.45, 7) is 9.09. The SMILES string of the molecule is CCc1ccc(O)cc1C1CCN(CC)C(C)C1. The molecule has 1 aliphatic heterocycles. The molecule has 2 rings (SSSR count). The van der Waals surface area contributed by atoms with Gasteiger partial charge in [-0.2, -0.15) is 0 Å². The van der Waals surface area contributed by atoms with Crippen LogP contribution >= 0.6 is 0 Å². The first-order chi connectivity index (χ1) is 8.65. The van der Waals surface area contributed by atoms with Gasteiger partial charge in [-0.1, -0.05) is 19.9 Å². The molecule has 0 radical (unpaired) electrons. The minimum Gasteiger partial charge on any atom is -0.508 e. The molecule has 100 valence electrons. The van der Waals surface area contributed by atoms with Crippen molar-refractivity contribution in [3.63, 3.8) is 0 Å². The maximum Gasteiger partial charge on any atom is 0.115 e. The minimum atomic E-state index is 0.410. The summed E-state index contributed by atoms with van der Waals surface area (Å²) in [4.78, 5) is 2.55. The van der Waals surface area contributed by atoms with Crippen molar-refractivity contribution in [2.45, 2.75) is 52.0 Å². The molecule has 1 aliphatic rings. The van der Waals surface area contributed by atoms with Crippen LogP contribution in [0.15, 0.2) is 18.2 Å². The third-order valence-electron chi connectivity index (χ3n) is 4.37. The molecule has 2 atom stereocenters. The van der Waals surface area contributed by atoms with E-state index in [1.807, 2.05) is 12.1 Å². The van der Waals surface area contributed by atoms with Gasteiger partial charge in [-0.05, 0) is 68.5 Å². The molecule has 2 heteroatoms. The normalized spacial score (nSPS) is 25.3. The summed E-state index contributed by atoms with van der Waals surface area (Å²) in [6.07, 6.45) is 3.48. The van der Waals surface area contributed by atoms with Crippen LogP contribution in [0.5, 0.6) is 5.75 Å². The second-order valence-corrected chi connectivity index (χ2v) is 5.44. The van der Waals surface area contributed by atoms with E-state index in [0.29, 0.717) is 17.7 Å². The van der Waals surface area contributed by atoms with E-state index in [0.717, 1.165) is 13.0 Å². The Morgan fingerprint density at radius 2 is 2.11 bits per heavy atom. The van der Waals surface area contributed by atoms with Gasteiger partial charge < -0.3 is 10.0 Å². The van der Waals surface area contributed by atoms with Crippen LogP contribution in [0.4, 0.5) is 0 Å². The maximum atomic E-state index is 9.72. The highest BCUT2D eigenvalue weighted by Crippen LogP contribution is 2.35. The zero-order valence-corrected chi connectivity index (χ0v) is 11.8. The third kappa shape index (κ3) is 2.69. The van der Waals surface area contributed by atoms with Gasteiger partial charge in [-0.15, -0.1) is 0 Å². The molecule has 0 amide bonds. The van der Waals surface area contributed by atoms with Crippen LogP contribution in [-0.4, -0.2) is 29.1 Å². The van der Waals surface area contributed by atoms with E-state index >= 15 is 0 Å². The summed E-state index contributed by atoms with van der Waals surface area (Å²) in [5, 5.41) is 9.72. The van der Waals surface area contributed by atoms with Gasteiger partial charge in [-0.3, -0.25) is 0 Å². The van der Waals surface area contributed by atoms with Crippen molar-refractivity contribution in [2.75, 3.05) is 13.1 Å². The highest BCUT2D eigenvalue weighted by atomic mass is 16.3. The number of hydrogen-bond donors (Lipinski definition) is 1. The molecule has 1 aromatic carbocycles. The molecule has 0 aliphatic carbocycles. The van der Waals surface area contributed by atoms with Crippen LogP contribution in [0.25, 0.3) is 0 Å². The number of phenolic OH excluding ortho intramolecular Hbond substituents is 1. The first-order valence-electron chi connectivity index (χ1n) is 7.21. The number of aryl methyl sites for hydroxylation is 1. The van der Waals surface area contributed by atoms with Gasteiger partial charge in [0.05, 0.1) is 0 Å². The van der Waals surface area contributed by atoms with Gasteiger partial charge >= 0.3 is 0 Å². The molecule has 1 saturated heterocycles. The van der Waals surface area contributed by atoms with Gasteiger partial charge in [0.1, 0.15) is 5.75 Å². The molecule has 1 N–H and O–H groups in total. The van der Waals surface area contributed by atoms with Crippen molar-refractivity contribution in [3.8, 4) is 5.75 Å². The third-order valence-corrected chi connectivity index (χ3v) is 4.37. The second-order valence-electron chi connectivity index (χ2n) is 5.44. The van der Waals surface area contributed by atoms with E-state index in [1.54, 1.807) is 0 Å². The predicted octanol–water partition coefficient (Wildman–Crippen LogP) is 3.54. The Balaban J connectivity index is 2.19. The first-order valence-corrected chi connectivity index (χ1v) is 7.21. The van der Waals surface area contributed by atoms with Crippen molar-refractivity contribution in [1.29, 1.82) is 0 Å². The number of piperidine rings is 1. The first kappa shape index (κ1) is 13.4. The van der Waals surface area contributed by atoms with Gasteiger partial charge in [-0.25, -0.2) is 0 Å². The zero-order chi connectivity index (χ0) is 13.1. The lowest BCUT2D eigenvalue weighted by molar-refractivity contribution is 0.154. The number of rotatable bonds is 3. The van der Waals surface area contributed by atoms with Crippen molar-refractivity contribution >= 4 is 0 Å². The molecule has 2 nitrogen and oxygen atoms in total. The number of benzene rings is 1. The van der Waals surface area contributed by atoms with Crippen LogP contribution in [0.1, 0.15) is 50.7 Å². The summed E-state index contributed by atoms with van der Waals surface area (Å²) in [7, 11) is 0. The van der Waals surface area contributed by atoms with Crippen LogP contribution < -0.4 is 0 Å².